The van der Waals surface area contributed by atoms with Crippen LogP contribution in [0.1, 0.15) is 24.8 Å². The van der Waals surface area contributed by atoms with Gasteiger partial charge in [0.2, 0.25) is 0 Å². The number of carbonyl (C=O) groups is 1. The number of carboxylic acid groups (broad SMARTS) is 1. The number of nitrogens with one attached hydrogen (secondary N) is 1. The van der Waals surface area contributed by atoms with Crippen LogP contribution in [-0.2, 0) is 11.3 Å². The fourth-order valence-corrected chi connectivity index (χ4v) is 1.89. The third-order valence-corrected chi connectivity index (χ3v) is 3.26. The molecule has 0 atom stereocenters. The third kappa shape index (κ3) is 4.21. The number of nitrogens with zero attached hydrogens (tertiary/aromatic N) is 1. The molecule has 4 nitrogen and oxygen atoms in total. The third-order valence-electron chi connectivity index (χ3n) is 3.26. The summed E-state index contributed by atoms with van der Waals surface area (Å²) in [5.41, 5.74) is 1.47. The predicted molar refractivity (Wildman–Crippen MR) is 71.8 cm³/mol. The lowest BCUT2D eigenvalue weighted by Gasteiger charge is -2.20. The minimum absolute atomic E-state index is 0.000488. The Kier molecular flexibility index (Phi) is 4.37. The SMILES string of the molecule is CN(CCC(=O)O)c1cc(CNC2CC2)ccc1F. The molecule has 0 saturated heterocycles. The Hall–Kier alpha value is -1.62. The Morgan fingerprint density at radius 2 is 2.26 bits per heavy atom. The van der Waals surface area contributed by atoms with Gasteiger partial charge in [0.25, 0.3) is 0 Å². The van der Waals surface area contributed by atoms with E-state index in [1.165, 1.54) is 18.9 Å². The normalized spacial score (nSPS) is 14.4. The Labute approximate surface area is 112 Å². The van der Waals surface area contributed by atoms with Gasteiger partial charge in [0, 0.05) is 26.2 Å². The van der Waals surface area contributed by atoms with Gasteiger partial charge in [-0.15, -0.1) is 0 Å². The van der Waals surface area contributed by atoms with Crippen LogP contribution in [0, 0.1) is 5.82 Å². The van der Waals surface area contributed by atoms with Crippen molar-refractivity contribution in [3.63, 3.8) is 0 Å². The summed E-state index contributed by atoms with van der Waals surface area (Å²) in [6.45, 7) is 1.02. The van der Waals surface area contributed by atoms with E-state index in [-0.39, 0.29) is 12.2 Å². The molecule has 0 unspecified atom stereocenters. The Morgan fingerprint density at radius 1 is 1.53 bits per heavy atom. The van der Waals surface area contributed by atoms with Crippen LogP contribution < -0.4 is 10.2 Å². The number of halogens is 1. The van der Waals surface area contributed by atoms with E-state index in [1.807, 2.05) is 0 Å². The molecule has 1 saturated carbocycles. The maximum atomic E-state index is 13.7. The van der Waals surface area contributed by atoms with Crippen molar-refractivity contribution in [1.29, 1.82) is 0 Å². The Bertz CT molecular complexity index is 461. The summed E-state index contributed by atoms with van der Waals surface area (Å²) in [5, 5.41) is 12.0. The fraction of sp³-hybridized carbons (Fsp3) is 0.500. The molecule has 2 rings (SSSR count). The molecule has 1 aromatic carbocycles. The molecule has 1 fully saturated rings. The van der Waals surface area contributed by atoms with Gasteiger partial charge in [-0.25, -0.2) is 4.39 Å². The van der Waals surface area contributed by atoms with Crippen LogP contribution in [0.15, 0.2) is 18.2 Å². The molecule has 0 bridgehead atoms. The zero-order chi connectivity index (χ0) is 13.8. The highest BCUT2D eigenvalue weighted by atomic mass is 19.1. The van der Waals surface area contributed by atoms with Crippen LogP contribution in [0.4, 0.5) is 10.1 Å². The Balaban J connectivity index is 2.00. The first kappa shape index (κ1) is 13.8. The van der Waals surface area contributed by atoms with Gasteiger partial charge >= 0.3 is 5.97 Å². The van der Waals surface area contributed by atoms with Crippen LogP contribution in [-0.4, -0.2) is 30.7 Å². The number of hydrogen-bond acceptors (Lipinski definition) is 3. The van der Waals surface area contributed by atoms with Crippen molar-refractivity contribution in [3.05, 3.63) is 29.6 Å². The van der Waals surface area contributed by atoms with E-state index in [9.17, 15) is 9.18 Å². The topological polar surface area (TPSA) is 52.6 Å². The van der Waals surface area contributed by atoms with Gasteiger partial charge in [-0.3, -0.25) is 4.79 Å². The lowest BCUT2D eigenvalue weighted by Crippen LogP contribution is -2.22. The molecule has 19 heavy (non-hydrogen) atoms. The summed E-state index contributed by atoms with van der Waals surface area (Å²) < 4.78 is 13.7. The van der Waals surface area contributed by atoms with Crippen LogP contribution in [0.3, 0.4) is 0 Å². The lowest BCUT2D eigenvalue weighted by atomic mass is 10.1. The van der Waals surface area contributed by atoms with Gasteiger partial charge in [-0.1, -0.05) is 6.07 Å². The van der Waals surface area contributed by atoms with Crippen LogP contribution >= 0.6 is 0 Å². The van der Waals surface area contributed by atoms with E-state index in [4.69, 9.17) is 5.11 Å². The van der Waals surface area contributed by atoms with Gasteiger partial charge in [0.1, 0.15) is 5.82 Å². The Morgan fingerprint density at radius 3 is 2.89 bits per heavy atom. The number of rotatable bonds is 7. The van der Waals surface area contributed by atoms with E-state index in [2.05, 4.69) is 5.32 Å². The summed E-state index contributed by atoms with van der Waals surface area (Å²) in [6, 6.07) is 5.60. The largest absolute Gasteiger partial charge is 0.481 e. The highest BCUT2D eigenvalue weighted by Gasteiger charge is 2.20. The van der Waals surface area contributed by atoms with E-state index in [0.717, 1.165) is 12.1 Å². The average molecular weight is 266 g/mol. The van der Waals surface area contributed by atoms with Crippen molar-refractivity contribution in [1.82, 2.24) is 5.32 Å². The molecule has 0 spiro atoms. The van der Waals surface area contributed by atoms with Crippen LogP contribution in [0.25, 0.3) is 0 Å². The van der Waals surface area contributed by atoms with Crippen LogP contribution in [0.2, 0.25) is 0 Å². The summed E-state index contributed by atoms with van der Waals surface area (Å²) in [7, 11) is 1.71. The van der Waals surface area contributed by atoms with E-state index in [1.54, 1.807) is 24.1 Å². The second kappa shape index (κ2) is 6.02. The zero-order valence-electron chi connectivity index (χ0n) is 11.0. The van der Waals surface area contributed by atoms with E-state index >= 15 is 0 Å². The molecule has 1 aliphatic carbocycles. The molecule has 0 aliphatic heterocycles. The minimum atomic E-state index is -0.876. The van der Waals surface area contributed by atoms with Gasteiger partial charge < -0.3 is 15.3 Å². The molecule has 2 N–H and O–H groups in total. The maximum absolute atomic E-state index is 13.7. The molecule has 1 aromatic rings. The van der Waals surface area contributed by atoms with Crippen molar-refractivity contribution >= 4 is 11.7 Å². The van der Waals surface area contributed by atoms with Crippen LogP contribution in [0.5, 0.6) is 0 Å². The maximum Gasteiger partial charge on any atom is 0.305 e. The molecule has 5 heteroatoms. The number of hydrogen-bond donors (Lipinski definition) is 2. The molecule has 0 radical (unpaired) electrons. The summed E-state index contributed by atoms with van der Waals surface area (Å²) in [5.74, 6) is -1.19. The quantitative estimate of drug-likeness (QED) is 0.792. The first-order valence-electron chi connectivity index (χ1n) is 6.51. The van der Waals surface area contributed by atoms with Gasteiger partial charge in [0.05, 0.1) is 12.1 Å². The summed E-state index contributed by atoms with van der Waals surface area (Å²) in [6.07, 6.45) is 2.43. The predicted octanol–water partition coefficient (Wildman–Crippen LogP) is 1.99. The number of anilines is 1. The average Bonchev–Trinajstić information content (AvgIpc) is 3.19. The standard InChI is InChI=1S/C14H19FN2O2/c1-17(7-6-14(18)19)13-8-10(2-5-12(13)15)9-16-11-3-4-11/h2,5,8,11,16H,3-4,6-7,9H2,1H3,(H,18,19). The first-order chi connectivity index (χ1) is 9.06. The van der Waals surface area contributed by atoms with E-state index < -0.39 is 5.97 Å². The smallest absolute Gasteiger partial charge is 0.305 e. The zero-order valence-corrected chi connectivity index (χ0v) is 11.0. The van der Waals surface area contributed by atoms with Crippen molar-refractivity contribution in [3.8, 4) is 0 Å². The molecule has 0 amide bonds. The fourth-order valence-electron chi connectivity index (χ4n) is 1.89. The van der Waals surface area contributed by atoms with Gasteiger partial charge in [0.15, 0.2) is 0 Å². The molecule has 0 heterocycles. The summed E-state index contributed by atoms with van der Waals surface area (Å²) >= 11 is 0. The highest BCUT2D eigenvalue weighted by molar-refractivity contribution is 5.67. The van der Waals surface area contributed by atoms with Gasteiger partial charge in [-0.05, 0) is 30.5 Å². The number of benzene rings is 1. The highest BCUT2D eigenvalue weighted by Crippen LogP contribution is 2.22. The second-order valence-corrected chi connectivity index (χ2v) is 5.01. The number of carboxylic acids is 1. The van der Waals surface area contributed by atoms with Crippen molar-refractivity contribution in [2.75, 3.05) is 18.5 Å². The monoisotopic (exact) mass is 266 g/mol. The lowest BCUT2D eigenvalue weighted by molar-refractivity contribution is -0.136. The molecule has 1 aliphatic rings. The molecular weight excluding hydrogens is 247 g/mol. The molecular formula is C14H19FN2O2. The first-order valence-corrected chi connectivity index (χ1v) is 6.51. The summed E-state index contributed by atoms with van der Waals surface area (Å²) in [4.78, 5) is 12.2. The van der Waals surface area contributed by atoms with Crippen molar-refractivity contribution in [2.45, 2.75) is 31.8 Å². The minimum Gasteiger partial charge on any atom is -0.481 e. The number of aliphatic carboxylic acids is 1. The molecule has 0 aromatic heterocycles. The van der Waals surface area contributed by atoms with Gasteiger partial charge in [-0.2, -0.15) is 0 Å². The van der Waals surface area contributed by atoms with Crippen molar-refractivity contribution in [2.24, 2.45) is 0 Å². The second-order valence-electron chi connectivity index (χ2n) is 5.01. The van der Waals surface area contributed by atoms with E-state index in [0.29, 0.717) is 18.3 Å². The molecule has 104 valence electrons. The van der Waals surface area contributed by atoms with Crippen molar-refractivity contribution < 1.29 is 14.3 Å².